The highest BCUT2D eigenvalue weighted by Gasteiger charge is 2.36. The van der Waals surface area contributed by atoms with Gasteiger partial charge in [-0.3, -0.25) is 0 Å². The van der Waals surface area contributed by atoms with Crippen molar-refractivity contribution in [2.24, 2.45) is 0 Å². The second-order valence-corrected chi connectivity index (χ2v) is 7.46. The van der Waals surface area contributed by atoms with E-state index in [9.17, 15) is 8.42 Å². The maximum Gasteiger partial charge on any atom is 0.181 e. The van der Waals surface area contributed by atoms with E-state index in [4.69, 9.17) is 4.74 Å². The molecule has 18 heavy (non-hydrogen) atoms. The molecule has 4 heteroatoms. The minimum atomic E-state index is -3.04. The van der Waals surface area contributed by atoms with Crippen LogP contribution < -0.4 is 0 Å². The predicted molar refractivity (Wildman–Crippen MR) is 69.4 cm³/mol. The maximum absolute atomic E-state index is 12.1. The first kappa shape index (κ1) is 12.2. The molecule has 0 radical (unpaired) electrons. The van der Waals surface area contributed by atoms with Crippen molar-refractivity contribution in [1.29, 1.82) is 0 Å². The molecule has 3 rings (SSSR count). The fourth-order valence-electron chi connectivity index (χ4n) is 2.50. The summed E-state index contributed by atoms with van der Waals surface area (Å²) in [7, 11) is -3.04. The summed E-state index contributed by atoms with van der Waals surface area (Å²) in [6.45, 7) is 1.61. The first-order valence-electron chi connectivity index (χ1n) is 6.59. The van der Waals surface area contributed by atoms with Gasteiger partial charge >= 0.3 is 0 Å². The standard InChI is InChI=1S/C14H18O3S/c15-18(16,14-7-8-14)13-5-3-11(4-6-13)12-2-1-9-17-10-12/h3-6,12,14H,1-2,7-10H2. The highest BCUT2D eigenvalue weighted by atomic mass is 32.2. The molecule has 0 aromatic heterocycles. The fraction of sp³-hybridized carbons (Fsp3) is 0.571. The van der Waals surface area contributed by atoms with Crippen molar-refractivity contribution in [3.05, 3.63) is 29.8 Å². The quantitative estimate of drug-likeness (QED) is 0.844. The van der Waals surface area contributed by atoms with Gasteiger partial charge in [0.15, 0.2) is 9.84 Å². The Balaban J connectivity index is 1.80. The Morgan fingerprint density at radius 3 is 2.33 bits per heavy atom. The number of sulfone groups is 1. The molecule has 2 fully saturated rings. The van der Waals surface area contributed by atoms with Gasteiger partial charge in [0.25, 0.3) is 0 Å². The highest BCUT2D eigenvalue weighted by molar-refractivity contribution is 7.92. The monoisotopic (exact) mass is 266 g/mol. The summed E-state index contributed by atoms with van der Waals surface area (Å²) >= 11 is 0. The molecule has 1 heterocycles. The smallest absolute Gasteiger partial charge is 0.181 e. The molecule has 0 N–H and O–H groups in total. The van der Waals surface area contributed by atoms with Gasteiger partial charge in [0.2, 0.25) is 0 Å². The van der Waals surface area contributed by atoms with Crippen LogP contribution >= 0.6 is 0 Å². The number of hydrogen-bond donors (Lipinski definition) is 0. The van der Waals surface area contributed by atoms with E-state index >= 15 is 0 Å². The van der Waals surface area contributed by atoms with Crippen LogP contribution in [0.15, 0.2) is 29.2 Å². The van der Waals surface area contributed by atoms with Crippen molar-refractivity contribution in [2.45, 2.75) is 41.7 Å². The van der Waals surface area contributed by atoms with Gasteiger partial charge in [0.05, 0.1) is 16.8 Å². The van der Waals surface area contributed by atoms with E-state index in [1.54, 1.807) is 12.1 Å². The summed E-state index contributed by atoms with van der Waals surface area (Å²) in [5, 5.41) is -0.124. The van der Waals surface area contributed by atoms with E-state index in [-0.39, 0.29) is 5.25 Å². The van der Waals surface area contributed by atoms with Crippen LogP contribution in [0.5, 0.6) is 0 Å². The van der Waals surface area contributed by atoms with Crippen LogP contribution in [0, 0.1) is 0 Å². The van der Waals surface area contributed by atoms with Gasteiger partial charge in [0.1, 0.15) is 0 Å². The summed E-state index contributed by atoms with van der Waals surface area (Å²) in [6, 6.07) is 7.43. The first-order chi connectivity index (χ1) is 8.68. The largest absolute Gasteiger partial charge is 0.381 e. The third-order valence-electron chi connectivity index (χ3n) is 3.80. The molecule has 1 aliphatic heterocycles. The van der Waals surface area contributed by atoms with Crippen molar-refractivity contribution >= 4 is 9.84 Å². The SMILES string of the molecule is O=S(=O)(c1ccc(C2CCCOC2)cc1)C1CC1. The molecule has 1 atom stereocenters. The molecule has 0 spiro atoms. The summed E-state index contributed by atoms with van der Waals surface area (Å²) in [4.78, 5) is 0.477. The van der Waals surface area contributed by atoms with Crippen molar-refractivity contribution in [3.8, 4) is 0 Å². The van der Waals surface area contributed by atoms with Gasteiger partial charge in [-0.1, -0.05) is 12.1 Å². The molecule has 1 unspecified atom stereocenters. The zero-order chi connectivity index (χ0) is 12.6. The predicted octanol–water partition coefficient (Wildman–Crippen LogP) is 2.52. The second-order valence-electron chi connectivity index (χ2n) is 5.23. The molecule has 3 nitrogen and oxygen atoms in total. The molecule has 0 bridgehead atoms. The van der Waals surface area contributed by atoms with E-state index in [1.165, 1.54) is 5.56 Å². The molecule has 1 aromatic rings. The average molecular weight is 266 g/mol. The highest BCUT2D eigenvalue weighted by Crippen LogP contribution is 2.34. The van der Waals surface area contributed by atoms with Crippen LogP contribution in [0.2, 0.25) is 0 Å². The zero-order valence-corrected chi connectivity index (χ0v) is 11.2. The summed E-state index contributed by atoms with van der Waals surface area (Å²) < 4.78 is 29.6. The van der Waals surface area contributed by atoms with Gasteiger partial charge in [-0.2, -0.15) is 0 Å². The molecular formula is C14H18O3S. The van der Waals surface area contributed by atoms with Crippen LogP contribution in [0.3, 0.4) is 0 Å². The Bertz CT molecular complexity index is 508. The van der Waals surface area contributed by atoms with Gasteiger partial charge < -0.3 is 4.74 Å². The average Bonchev–Trinajstić information content (AvgIpc) is 3.25. The van der Waals surface area contributed by atoms with Crippen LogP contribution in [0.4, 0.5) is 0 Å². The van der Waals surface area contributed by atoms with E-state index in [1.807, 2.05) is 12.1 Å². The summed E-state index contributed by atoms with van der Waals surface area (Å²) in [5.41, 5.74) is 1.20. The van der Waals surface area contributed by atoms with Crippen LogP contribution in [-0.2, 0) is 14.6 Å². The summed E-state index contributed by atoms with van der Waals surface area (Å²) in [5.74, 6) is 0.427. The Morgan fingerprint density at radius 2 is 1.78 bits per heavy atom. The topological polar surface area (TPSA) is 43.4 Å². The lowest BCUT2D eigenvalue weighted by Gasteiger charge is -2.22. The van der Waals surface area contributed by atoms with Crippen LogP contribution in [0.25, 0.3) is 0 Å². The van der Waals surface area contributed by atoms with Crippen molar-refractivity contribution in [2.75, 3.05) is 13.2 Å². The van der Waals surface area contributed by atoms with E-state index in [2.05, 4.69) is 0 Å². The Kier molecular flexibility index (Phi) is 3.16. The third-order valence-corrected chi connectivity index (χ3v) is 6.08. The molecule has 1 saturated carbocycles. The van der Waals surface area contributed by atoms with Crippen molar-refractivity contribution in [3.63, 3.8) is 0 Å². The number of rotatable bonds is 3. The third kappa shape index (κ3) is 2.31. The second kappa shape index (κ2) is 4.67. The van der Waals surface area contributed by atoms with E-state index in [0.717, 1.165) is 38.9 Å². The van der Waals surface area contributed by atoms with E-state index < -0.39 is 9.84 Å². The Hall–Kier alpha value is -0.870. The van der Waals surface area contributed by atoms with Gasteiger partial charge in [-0.15, -0.1) is 0 Å². The molecule has 1 aliphatic carbocycles. The minimum absolute atomic E-state index is 0.124. The molecular weight excluding hydrogens is 248 g/mol. The van der Waals surface area contributed by atoms with Crippen LogP contribution in [-0.4, -0.2) is 26.9 Å². The lowest BCUT2D eigenvalue weighted by Crippen LogP contribution is -2.15. The van der Waals surface area contributed by atoms with Gasteiger partial charge in [-0.25, -0.2) is 8.42 Å². The molecule has 2 aliphatic rings. The summed E-state index contributed by atoms with van der Waals surface area (Å²) in [6.07, 6.45) is 3.86. The Morgan fingerprint density at radius 1 is 1.06 bits per heavy atom. The van der Waals surface area contributed by atoms with Gasteiger partial charge in [-0.05, 0) is 43.4 Å². The van der Waals surface area contributed by atoms with Crippen LogP contribution in [0.1, 0.15) is 37.2 Å². The molecule has 98 valence electrons. The minimum Gasteiger partial charge on any atom is -0.381 e. The zero-order valence-electron chi connectivity index (χ0n) is 10.3. The lowest BCUT2D eigenvalue weighted by atomic mass is 9.94. The van der Waals surface area contributed by atoms with Crippen molar-refractivity contribution in [1.82, 2.24) is 0 Å². The normalized spacial score (nSPS) is 25.0. The van der Waals surface area contributed by atoms with E-state index in [0.29, 0.717) is 10.8 Å². The molecule has 1 saturated heterocycles. The molecule has 0 amide bonds. The Labute approximate surface area is 108 Å². The number of benzene rings is 1. The van der Waals surface area contributed by atoms with Gasteiger partial charge in [0, 0.05) is 12.5 Å². The first-order valence-corrected chi connectivity index (χ1v) is 8.14. The maximum atomic E-state index is 12.1. The number of hydrogen-bond acceptors (Lipinski definition) is 3. The molecule has 1 aromatic carbocycles. The number of ether oxygens (including phenoxy) is 1. The van der Waals surface area contributed by atoms with Crippen molar-refractivity contribution < 1.29 is 13.2 Å². The fourth-order valence-corrected chi connectivity index (χ4v) is 4.16. The lowest BCUT2D eigenvalue weighted by molar-refractivity contribution is 0.0804.